The maximum Gasteiger partial charge on any atom is 0.404 e. The van der Waals surface area contributed by atoms with Gasteiger partial charge in [0.05, 0.1) is 6.61 Å². The van der Waals surface area contributed by atoms with Gasteiger partial charge in [0.15, 0.2) is 0 Å². The van der Waals surface area contributed by atoms with Crippen LogP contribution in [0.1, 0.15) is 39.5 Å². The molecule has 0 atom stereocenters. The van der Waals surface area contributed by atoms with Crippen LogP contribution in [-0.4, -0.2) is 23.8 Å². The zero-order chi connectivity index (χ0) is 11.4. The maximum atomic E-state index is 9.87. The summed E-state index contributed by atoms with van der Waals surface area (Å²) in [6.45, 7) is 4.11. The molecule has 0 bridgehead atoms. The monoisotopic (exact) mass is 205 g/mol. The largest absolute Gasteiger partial charge is 0.481 e. The normalized spacial score (nSPS) is 8.43. The van der Waals surface area contributed by atoms with Gasteiger partial charge in [0.2, 0.25) is 0 Å². The molecule has 0 fully saturated rings. The lowest BCUT2D eigenvalue weighted by Gasteiger charge is -1.89. The highest BCUT2D eigenvalue weighted by atomic mass is 16.5. The van der Waals surface area contributed by atoms with Crippen LogP contribution in [0.25, 0.3) is 0 Å². The number of unbranched alkanes of at least 4 members (excludes halogenated alkanes) is 2. The average Bonchev–Trinajstić information content (AvgIpc) is 2.05. The summed E-state index contributed by atoms with van der Waals surface area (Å²) in [5, 5.41) is 8.14. The van der Waals surface area contributed by atoms with Crippen molar-refractivity contribution in [2.75, 3.05) is 6.61 Å². The van der Waals surface area contributed by atoms with Gasteiger partial charge in [-0.3, -0.25) is 4.79 Å². The van der Waals surface area contributed by atoms with E-state index in [0.29, 0.717) is 13.0 Å². The van der Waals surface area contributed by atoms with Gasteiger partial charge in [0, 0.05) is 6.42 Å². The molecule has 84 valence electrons. The Bertz CT molecular complexity index is 159. The highest BCUT2D eigenvalue weighted by Gasteiger charge is 1.92. The van der Waals surface area contributed by atoms with E-state index in [9.17, 15) is 9.59 Å². The van der Waals surface area contributed by atoms with Crippen LogP contribution in [0.15, 0.2) is 0 Å². The Morgan fingerprint density at radius 3 is 2.07 bits per heavy atom. The molecular weight excluding hydrogens is 186 g/mol. The summed E-state index contributed by atoms with van der Waals surface area (Å²) in [4.78, 5) is 19.5. The third-order valence-corrected chi connectivity index (χ3v) is 1.28. The molecular formula is C9H19NO4. The van der Waals surface area contributed by atoms with Gasteiger partial charge < -0.3 is 15.6 Å². The van der Waals surface area contributed by atoms with Gasteiger partial charge in [0.1, 0.15) is 0 Å². The van der Waals surface area contributed by atoms with Crippen LogP contribution in [0.5, 0.6) is 0 Å². The number of carbonyl (C=O) groups is 2. The number of hydrogen-bond donors (Lipinski definition) is 2. The van der Waals surface area contributed by atoms with Crippen molar-refractivity contribution >= 4 is 12.1 Å². The Labute approximate surface area is 84.2 Å². The van der Waals surface area contributed by atoms with Gasteiger partial charge in [-0.25, -0.2) is 4.79 Å². The lowest BCUT2D eigenvalue weighted by molar-refractivity contribution is -0.137. The molecule has 5 nitrogen and oxygen atoms in total. The van der Waals surface area contributed by atoms with Crippen molar-refractivity contribution in [3.8, 4) is 0 Å². The van der Waals surface area contributed by atoms with Crippen LogP contribution in [0.2, 0.25) is 0 Å². The first kappa shape index (κ1) is 15.2. The number of carboxylic acid groups (broad SMARTS) is 1. The van der Waals surface area contributed by atoms with Gasteiger partial charge in [-0.15, -0.1) is 0 Å². The molecule has 0 aliphatic rings. The van der Waals surface area contributed by atoms with Crippen molar-refractivity contribution in [2.24, 2.45) is 5.73 Å². The van der Waals surface area contributed by atoms with E-state index >= 15 is 0 Å². The van der Waals surface area contributed by atoms with Gasteiger partial charge >= 0.3 is 12.1 Å². The number of rotatable bonds is 5. The van der Waals surface area contributed by atoms with E-state index < -0.39 is 12.1 Å². The molecule has 0 radical (unpaired) electrons. The molecule has 0 rings (SSSR count). The van der Waals surface area contributed by atoms with Crippen molar-refractivity contribution in [3.05, 3.63) is 0 Å². The van der Waals surface area contributed by atoms with Crippen LogP contribution < -0.4 is 5.73 Å². The van der Waals surface area contributed by atoms with Crippen LogP contribution in [0.3, 0.4) is 0 Å². The lowest BCUT2D eigenvalue weighted by Crippen LogP contribution is -2.11. The highest BCUT2D eigenvalue weighted by Crippen LogP contribution is 1.97. The molecule has 0 saturated carbocycles. The van der Waals surface area contributed by atoms with Crippen LogP contribution in [-0.2, 0) is 9.53 Å². The number of ether oxygens (including phenoxy) is 1. The summed E-state index contributed by atoms with van der Waals surface area (Å²) in [6.07, 6.45) is 2.57. The number of aliphatic carboxylic acids is 1. The molecule has 0 saturated heterocycles. The minimum Gasteiger partial charge on any atom is -0.481 e. The first-order valence-corrected chi connectivity index (χ1v) is 4.68. The summed E-state index contributed by atoms with van der Waals surface area (Å²) in [5.74, 6) is -0.682. The fraction of sp³-hybridized carbons (Fsp3) is 0.778. The Kier molecular flexibility index (Phi) is 12.8. The Hall–Kier alpha value is -1.26. The summed E-state index contributed by atoms with van der Waals surface area (Å²) in [5.41, 5.74) is 4.54. The van der Waals surface area contributed by atoms with Crippen molar-refractivity contribution in [3.63, 3.8) is 0 Å². The van der Waals surface area contributed by atoms with E-state index in [1.165, 1.54) is 0 Å². The van der Waals surface area contributed by atoms with E-state index in [-0.39, 0.29) is 0 Å². The van der Waals surface area contributed by atoms with Crippen molar-refractivity contribution < 1.29 is 19.4 Å². The summed E-state index contributed by atoms with van der Waals surface area (Å²) < 4.78 is 4.18. The van der Waals surface area contributed by atoms with Crippen LogP contribution >= 0.6 is 0 Å². The zero-order valence-electron chi connectivity index (χ0n) is 8.78. The third-order valence-electron chi connectivity index (χ3n) is 1.28. The third kappa shape index (κ3) is 22.4. The molecule has 0 aromatic heterocycles. The number of carboxylic acids is 1. The molecule has 0 heterocycles. The molecule has 0 aliphatic carbocycles. The van der Waals surface area contributed by atoms with Crippen LogP contribution in [0.4, 0.5) is 4.79 Å². The van der Waals surface area contributed by atoms with Gasteiger partial charge in [-0.05, 0) is 13.3 Å². The van der Waals surface area contributed by atoms with Crippen LogP contribution in [0, 0.1) is 0 Å². The van der Waals surface area contributed by atoms with E-state index in [4.69, 9.17) is 5.11 Å². The fourth-order valence-electron chi connectivity index (χ4n) is 0.668. The fourth-order valence-corrected chi connectivity index (χ4v) is 0.668. The molecule has 0 aromatic carbocycles. The first-order chi connectivity index (χ1) is 6.54. The molecule has 0 spiro atoms. The SMILES string of the molecule is CCCCCC(=O)O.CCOC(N)=O. The minimum absolute atomic E-state index is 0.327. The topological polar surface area (TPSA) is 89.6 Å². The second kappa shape index (κ2) is 11.7. The standard InChI is InChI=1S/C6H12O2.C3H7NO2/c1-2-3-4-5-6(7)8;1-2-6-3(4)5/h2-5H2,1H3,(H,7,8);2H2,1H3,(H2,4,5). The molecule has 14 heavy (non-hydrogen) atoms. The molecule has 0 unspecified atom stereocenters. The zero-order valence-corrected chi connectivity index (χ0v) is 8.78. The number of primary amides is 1. The second-order valence-corrected chi connectivity index (χ2v) is 2.60. The number of nitrogens with two attached hydrogens (primary N) is 1. The molecule has 0 aromatic rings. The second-order valence-electron chi connectivity index (χ2n) is 2.60. The summed E-state index contributed by atoms with van der Waals surface area (Å²) in [6, 6.07) is 0. The smallest absolute Gasteiger partial charge is 0.404 e. The average molecular weight is 205 g/mol. The van der Waals surface area contributed by atoms with E-state index in [1.54, 1.807) is 6.92 Å². The highest BCUT2D eigenvalue weighted by molar-refractivity contribution is 5.66. The molecule has 3 N–H and O–H groups in total. The Morgan fingerprint density at radius 1 is 1.29 bits per heavy atom. The Morgan fingerprint density at radius 2 is 1.86 bits per heavy atom. The van der Waals surface area contributed by atoms with Gasteiger partial charge in [0.25, 0.3) is 0 Å². The van der Waals surface area contributed by atoms with Gasteiger partial charge in [-0.2, -0.15) is 0 Å². The predicted octanol–water partition coefficient (Wildman–Crippen LogP) is 1.75. The van der Waals surface area contributed by atoms with E-state index in [2.05, 4.69) is 17.4 Å². The molecule has 1 amide bonds. The lowest BCUT2D eigenvalue weighted by atomic mass is 10.2. The van der Waals surface area contributed by atoms with E-state index in [1.807, 2.05) is 0 Å². The van der Waals surface area contributed by atoms with Crippen molar-refractivity contribution in [2.45, 2.75) is 39.5 Å². The quantitative estimate of drug-likeness (QED) is 0.669. The Balaban J connectivity index is 0. The summed E-state index contributed by atoms with van der Waals surface area (Å²) >= 11 is 0. The van der Waals surface area contributed by atoms with Gasteiger partial charge in [-0.1, -0.05) is 19.8 Å². The van der Waals surface area contributed by atoms with E-state index in [0.717, 1.165) is 19.3 Å². The number of carbonyl (C=O) groups excluding carboxylic acids is 1. The number of amides is 1. The summed E-state index contributed by atoms with van der Waals surface area (Å²) in [7, 11) is 0. The first-order valence-electron chi connectivity index (χ1n) is 4.68. The molecule has 0 aliphatic heterocycles. The number of hydrogen-bond acceptors (Lipinski definition) is 3. The predicted molar refractivity (Wildman–Crippen MR) is 53.0 cm³/mol. The molecule has 5 heteroatoms. The minimum atomic E-state index is -0.711. The maximum absolute atomic E-state index is 9.87. The van der Waals surface area contributed by atoms with Crippen molar-refractivity contribution in [1.29, 1.82) is 0 Å². The van der Waals surface area contributed by atoms with Crippen molar-refractivity contribution in [1.82, 2.24) is 0 Å².